The Labute approximate surface area is 160 Å². The van der Waals surface area contributed by atoms with E-state index >= 15 is 0 Å². The molecule has 0 atom stereocenters. The molecule has 0 aliphatic heterocycles. The number of amides is 1. The van der Waals surface area contributed by atoms with Crippen molar-refractivity contribution in [1.29, 1.82) is 0 Å². The first-order valence-electron chi connectivity index (χ1n) is 7.54. The van der Waals surface area contributed by atoms with Gasteiger partial charge in [0.05, 0.1) is 4.92 Å². The summed E-state index contributed by atoms with van der Waals surface area (Å²) in [7, 11) is 0. The molecule has 2 heterocycles. The normalized spacial score (nSPS) is 10.9. The van der Waals surface area contributed by atoms with Crippen LogP contribution in [-0.4, -0.2) is 30.6 Å². The molecule has 0 saturated carbocycles. The van der Waals surface area contributed by atoms with Crippen LogP contribution in [0.15, 0.2) is 48.8 Å². The van der Waals surface area contributed by atoms with Gasteiger partial charge in [-0.3, -0.25) is 14.9 Å². The second-order valence-corrected chi connectivity index (χ2v) is 6.78. The number of fused-ring (bicyclic) bond motifs is 1. The zero-order valence-electron chi connectivity index (χ0n) is 13.4. The molecule has 0 bridgehead atoms. The van der Waals surface area contributed by atoms with Gasteiger partial charge in [-0.05, 0) is 36.4 Å². The number of halogens is 1. The summed E-state index contributed by atoms with van der Waals surface area (Å²) in [6.07, 6.45) is 1.52. The molecule has 2 aromatic carbocycles. The number of nitrogens with one attached hydrogen (secondary N) is 1. The van der Waals surface area contributed by atoms with Crippen molar-refractivity contribution in [3.63, 3.8) is 0 Å². The maximum absolute atomic E-state index is 12.3. The maximum atomic E-state index is 12.3. The highest BCUT2D eigenvalue weighted by molar-refractivity contribution is 7.19. The van der Waals surface area contributed by atoms with Crippen molar-refractivity contribution in [2.75, 3.05) is 5.32 Å². The van der Waals surface area contributed by atoms with E-state index in [-0.39, 0.29) is 16.3 Å². The third-order valence-corrected chi connectivity index (χ3v) is 4.96. The standard InChI is InChI=1S/C16H9ClN6O3S/c17-12-6-3-10(7-13(12)23(25)26)14(24)19-11-4-1-9(2-5-11)15-21-22-8-18-20-16(22)27-15/h1-8H,(H,19,24). The maximum Gasteiger partial charge on any atom is 0.288 e. The fourth-order valence-electron chi connectivity index (χ4n) is 2.37. The number of hydrogen-bond acceptors (Lipinski definition) is 7. The first-order valence-corrected chi connectivity index (χ1v) is 8.73. The van der Waals surface area contributed by atoms with Crippen LogP contribution in [-0.2, 0) is 0 Å². The van der Waals surface area contributed by atoms with Gasteiger partial charge in [0.25, 0.3) is 11.6 Å². The molecule has 1 N–H and O–H groups in total. The Morgan fingerprint density at radius 2 is 2.00 bits per heavy atom. The molecule has 1 amide bonds. The fraction of sp³-hybridized carbons (Fsp3) is 0. The summed E-state index contributed by atoms with van der Waals surface area (Å²) < 4.78 is 1.59. The van der Waals surface area contributed by atoms with Gasteiger partial charge in [-0.25, -0.2) is 0 Å². The Balaban J connectivity index is 1.53. The van der Waals surface area contributed by atoms with Crippen molar-refractivity contribution < 1.29 is 9.72 Å². The first-order chi connectivity index (χ1) is 13.0. The lowest BCUT2D eigenvalue weighted by Crippen LogP contribution is -2.12. The summed E-state index contributed by atoms with van der Waals surface area (Å²) in [5.74, 6) is -0.471. The minimum Gasteiger partial charge on any atom is -0.322 e. The fourth-order valence-corrected chi connectivity index (χ4v) is 3.38. The number of carbonyl (C=O) groups is 1. The molecule has 0 saturated heterocycles. The topological polar surface area (TPSA) is 115 Å². The smallest absolute Gasteiger partial charge is 0.288 e. The van der Waals surface area contributed by atoms with Gasteiger partial charge in [-0.15, -0.1) is 10.2 Å². The molecule has 11 heteroatoms. The predicted octanol–water partition coefficient (Wildman–Crippen LogP) is 3.67. The third kappa shape index (κ3) is 3.35. The number of nitro benzene ring substituents is 1. The van der Waals surface area contributed by atoms with Gasteiger partial charge in [0.2, 0.25) is 4.96 Å². The van der Waals surface area contributed by atoms with Crippen LogP contribution < -0.4 is 5.32 Å². The lowest BCUT2D eigenvalue weighted by atomic mass is 10.1. The van der Waals surface area contributed by atoms with E-state index in [0.29, 0.717) is 10.6 Å². The van der Waals surface area contributed by atoms with E-state index in [4.69, 9.17) is 11.6 Å². The Bertz CT molecular complexity index is 1140. The van der Waals surface area contributed by atoms with Crippen molar-refractivity contribution >= 4 is 45.2 Å². The Hall–Kier alpha value is -3.37. The minimum atomic E-state index is -0.631. The van der Waals surface area contributed by atoms with Crippen molar-refractivity contribution in [3.05, 3.63) is 69.5 Å². The highest BCUT2D eigenvalue weighted by atomic mass is 35.5. The van der Waals surface area contributed by atoms with E-state index in [2.05, 4.69) is 20.6 Å². The SMILES string of the molecule is O=C(Nc1ccc(-c2nn3cnnc3s2)cc1)c1ccc(Cl)c([N+](=O)[O-])c1. The molecule has 0 fully saturated rings. The van der Waals surface area contributed by atoms with Gasteiger partial charge in [0.1, 0.15) is 16.4 Å². The highest BCUT2D eigenvalue weighted by Gasteiger charge is 2.16. The number of rotatable bonds is 4. The molecule has 0 aliphatic rings. The predicted molar refractivity (Wildman–Crippen MR) is 100 cm³/mol. The zero-order chi connectivity index (χ0) is 19.0. The van der Waals surface area contributed by atoms with Gasteiger partial charge < -0.3 is 5.32 Å². The van der Waals surface area contributed by atoms with Crippen LogP contribution in [0.5, 0.6) is 0 Å². The molecule has 4 rings (SSSR count). The van der Waals surface area contributed by atoms with Crippen molar-refractivity contribution in [3.8, 4) is 10.6 Å². The summed E-state index contributed by atoms with van der Waals surface area (Å²) in [5, 5.41) is 26.4. The highest BCUT2D eigenvalue weighted by Crippen LogP contribution is 2.27. The molecule has 0 aliphatic carbocycles. The number of nitrogens with zero attached hydrogens (tertiary/aromatic N) is 5. The largest absolute Gasteiger partial charge is 0.322 e. The molecule has 0 radical (unpaired) electrons. The van der Waals surface area contributed by atoms with E-state index in [9.17, 15) is 14.9 Å². The van der Waals surface area contributed by atoms with Crippen LogP contribution in [0, 0.1) is 10.1 Å². The van der Waals surface area contributed by atoms with Gasteiger partial charge in [-0.2, -0.15) is 9.61 Å². The molecule has 0 spiro atoms. The average Bonchev–Trinajstić information content (AvgIpc) is 3.24. The lowest BCUT2D eigenvalue weighted by molar-refractivity contribution is -0.384. The van der Waals surface area contributed by atoms with Crippen LogP contribution in [0.2, 0.25) is 5.02 Å². The second kappa shape index (κ2) is 6.74. The molecule has 4 aromatic rings. The Morgan fingerprint density at radius 3 is 2.70 bits per heavy atom. The number of carbonyl (C=O) groups excluding carboxylic acids is 1. The summed E-state index contributed by atoms with van der Waals surface area (Å²) in [6, 6.07) is 11.0. The van der Waals surface area contributed by atoms with E-state index in [1.165, 1.54) is 29.8 Å². The van der Waals surface area contributed by atoms with Crippen molar-refractivity contribution in [2.45, 2.75) is 0 Å². The van der Waals surface area contributed by atoms with Gasteiger partial charge in [-0.1, -0.05) is 22.9 Å². The van der Waals surface area contributed by atoms with E-state index < -0.39 is 10.8 Å². The summed E-state index contributed by atoms with van der Waals surface area (Å²) in [6.45, 7) is 0. The molecular formula is C16H9ClN6O3S. The van der Waals surface area contributed by atoms with Crippen molar-refractivity contribution in [1.82, 2.24) is 19.8 Å². The van der Waals surface area contributed by atoms with E-state index in [1.807, 2.05) is 12.1 Å². The average molecular weight is 401 g/mol. The van der Waals surface area contributed by atoms with Crippen LogP contribution in [0.3, 0.4) is 0 Å². The van der Waals surface area contributed by atoms with Crippen LogP contribution in [0.25, 0.3) is 15.5 Å². The summed E-state index contributed by atoms with van der Waals surface area (Å²) in [5.41, 5.74) is 1.24. The van der Waals surface area contributed by atoms with Gasteiger partial charge >= 0.3 is 0 Å². The van der Waals surface area contributed by atoms with Crippen LogP contribution in [0.4, 0.5) is 11.4 Å². The zero-order valence-corrected chi connectivity index (χ0v) is 14.9. The minimum absolute atomic E-state index is 0.0223. The molecule has 0 unspecified atom stereocenters. The summed E-state index contributed by atoms with van der Waals surface area (Å²) >= 11 is 7.16. The number of nitro groups is 1. The monoisotopic (exact) mass is 400 g/mol. The number of hydrogen-bond donors (Lipinski definition) is 1. The third-order valence-electron chi connectivity index (χ3n) is 3.68. The second-order valence-electron chi connectivity index (χ2n) is 5.42. The number of benzene rings is 2. The van der Waals surface area contributed by atoms with Crippen LogP contribution in [0.1, 0.15) is 10.4 Å². The quantitative estimate of drug-likeness (QED) is 0.412. The van der Waals surface area contributed by atoms with Crippen LogP contribution >= 0.6 is 22.9 Å². The van der Waals surface area contributed by atoms with Gasteiger partial charge in [0.15, 0.2) is 0 Å². The van der Waals surface area contributed by atoms with E-state index in [0.717, 1.165) is 16.6 Å². The van der Waals surface area contributed by atoms with Gasteiger partial charge in [0, 0.05) is 22.9 Å². The molecule has 2 aromatic heterocycles. The molecular weight excluding hydrogens is 392 g/mol. The molecule has 9 nitrogen and oxygen atoms in total. The molecule has 134 valence electrons. The van der Waals surface area contributed by atoms with Crippen molar-refractivity contribution in [2.24, 2.45) is 0 Å². The number of aromatic nitrogens is 4. The Morgan fingerprint density at radius 1 is 1.22 bits per heavy atom. The summed E-state index contributed by atoms with van der Waals surface area (Å²) in [4.78, 5) is 23.3. The Kier molecular flexibility index (Phi) is 4.26. The molecule has 27 heavy (non-hydrogen) atoms. The number of anilines is 1. The van der Waals surface area contributed by atoms with E-state index in [1.54, 1.807) is 16.6 Å². The lowest BCUT2D eigenvalue weighted by Gasteiger charge is -2.06. The first kappa shape index (κ1) is 17.1.